The van der Waals surface area contributed by atoms with Crippen LogP contribution in [-0.4, -0.2) is 29.8 Å². The first-order valence-electron chi connectivity index (χ1n) is 7.86. The summed E-state index contributed by atoms with van der Waals surface area (Å²) in [4.78, 5) is 12.2. The molecule has 2 aromatic rings. The van der Waals surface area contributed by atoms with Crippen molar-refractivity contribution < 1.29 is 18.9 Å². The monoisotopic (exact) mass is 397 g/mol. The molecule has 0 atom stereocenters. The van der Waals surface area contributed by atoms with Crippen molar-refractivity contribution in [1.29, 1.82) is 0 Å². The summed E-state index contributed by atoms with van der Waals surface area (Å²) < 4.78 is 0. The molecular formula is C19H22Cl2LiN5-2. The van der Waals surface area contributed by atoms with E-state index in [1.807, 2.05) is 12.1 Å². The Labute approximate surface area is 183 Å². The fourth-order valence-electron chi connectivity index (χ4n) is 1.91. The van der Waals surface area contributed by atoms with Crippen LogP contribution in [0.15, 0.2) is 46.4 Å². The largest absolute Gasteiger partial charge is 1.00 e. The van der Waals surface area contributed by atoms with Crippen molar-refractivity contribution in [3.63, 3.8) is 0 Å². The van der Waals surface area contributed by atoms with Crippen molar-refractivity contribution in [2.45, 2.75) is 13.5 Å². The van der Waals surface area contributed by atoms with E-state index in [2.05, 4.69) is 52.2 Å². The van der Waals surface area contributed by atoms with Gasteiger partial charge in [0.2, 0.25) is 0 Å². The van der Waals surface area contributed by atoms with Crippen LogP contribution in [0.3, 0.4) is 0 Å². The van der Waals surface area contributed by atoms with E-state index in [1.54, 1.807) is 25.5 Å². The third kappa shape index (κ3) is 9.95. The Bertz CT molecular complexity index is 772. The Morgan fingerprint density at radius 2 is 1.96 bits per heavy atom. The summed E-state index contributed by atoms with van der Waals surface area (Å²) in [5, 5.41) is 7.15. The van der Waals surface area contributed by atoms with Crippen LogP contribution >= 0.6 is 23.2 Å². The van der Waals surface area contributed by atoms with E-state index in [1.165, 1.54) is 0 Å². The number of allylic oxidation sites excluding steroid dienone is 2. The minimum atomic E-state index is 0. The van der Waals surface area contributed by atoms with E-state index in [4.69, 9.17) is 23.2 Å². The number of halogens is 2. The van der Waals surface area contributed by atoms with Gasteiger partial charge in [0.15, 0.2) is 0 Å². The zero-order valence-corrected chi connectivity index (χ0v) is 17.2. The van der Waals surface area contributed by atoms with Crippen LogP contribution in [0.4, 0.5) is 0 Å². The third-order valence-corrected chi connectivity index (χ3v) is 3.33. The SMILES string of the molecule is C=N/C=C(\[C-]=C(C)Cl)NCc1cc(Cl)c2nccnc2c1.[CH2-]CNC[CH2-].[Li+]. The maximum absolute atomic E-state index is 6.21. The van der Waals surface area contributed by atoms with Gasteiger partial charge in [0.1, 0.15) is 5.52 Å². The molecule has 0 aliphatic carbocycles. The molecule has 27 heavy (non-hydrogen) atoms. The molecule has 2 N–H and O–H groups in total. The van der Waals surface area contributed by atoms with E-state index in [0.717, 1.165) is 24.2 Å². The van der Waals surface area contributed by atoms with Gasteiger partial charge in [-0.3, -0.25) is 9.97 Å². The zero-order chi connectivity index (χ0) is 19.4. The number of benzene rings is 1. The first kappa shape index (κ1) is 25.6. The molecule has 0 unspecified atom stereocenters. The van der Waals surface area contributed by atoms with Crippen molar-refractivity contribution in [3.8, 4) is 0 Å². The maximum atomic E-state index is 6.21. The van der Waals surface area contributed by atoms with Crippen molar-refractivity contribution >= 4 is 41.0 Å². The second-order valence-electron chi connectivity index (χ2n) is 4.99. The average molecular weight is 398 g/mol. The smallest absolute Gasteiger partial charge is 0.413 e. The van der Waals surface area contributed by atoms with E-state index in [9.17, 15) is 0 Å². The van der Waals surface area contributed by atoms with Crippen LogP contribution in [0, 0.1) is 19.9 Å². The summed E-state index contributed by atoms with van der Waals surface area (Å²) >= 11 is 12.0. The van der Waals surface area contributed by atoms with Gasteiger partial charge < -0.3 is 29.5 Å². The molecule has 8 heteroatoms. The number of nitrogens with zero attached hydrogens (tertiary/aromatic N) is 3. The molecule has 140 valence electrons. The van der Waals surface area contributed by atoms with Gasteiger partial charge in [-0.25, -0.2) is 6.08 Å². The van der Waals surface area contributed by atoms with E-state index in [0.29, 0.717) is 27.8 Å². The van der Waals surface area contributed by atoms with Crippen LogP contribution in [0.5, 0.6) is 0 Å². The van der Waals surface area contributed by atoms with Gasteiger partial charge in [-0.2, -0.15) is 0 Å². The summed E-state index contributed by atoms with van der Waals surface area (Å²) in [6.45, 7) is 14.3. The molecule has 5 nitrogen and oxygen atoms in total. The van der Waals surface area contributed by atoms with Gasteiger partial charge >= 0.3 is 18.9 Å². The van der Waals surface area contributed by atoms with Crippen molar-refractivity contribution in [1.82, 2.24) is 20.6 Å². The van der Waals surface area contributed by atoms with Crippen LogP contribution in [0.25, 0.3) is 11.0 Å². The van der Waals surface area contributed by atoms with Gasteiger partial charge in [0, 0.05) is 18.9 Å². The molecule has 0 bridgehead atoms. The number of aromatic nitrogens is 2. The Morgan fingerprint density at radius 3 is 2.52 bits per heavy atom. The summed E-state index contributed by atoms with van der Waals surface area (Å²) in [5.41, 5.74) is 3.06. The van der Waals surface area contributed by atoms with Crippen molar-refractivity contribution in [2.75, 3.05) is 13.1 Å². The van der Waals surface area contributed by atoms with Gasteiger partial charge in [-0.1, -0.05) is 16.6 Å². The summed E-state index contributed by atoms with van der Waals surface area (Å²) in [7, 11) is 0. The molecule has 0 amide bonds. The van der Waals surface area contributed by atoms with E-state index in [-0.39, 0.29) is 18.9 Å². The molecule has 0 saturated carbocycles. The summed E-state index contributed by atoms with van der Waals surface area (Å²) in [5.74, 6) is 0. The van der Waals surface area contributed by atoms with E-state index < -0.39 is 0 Å². The van der Waals surface area contributed by atoms with Crippen LogP contribution in [0.1, 0.15) is 12.5 Å². The summed E-state index contributed by atoms with van der Waals surface area (Å²) in [6.07, 6.45) is 7.74. The number of rotatable bonds is 7. The molecule has 0 aliphatic rings. The Kier molecular flexibility index (Phi) is 13.9. The second-order valence-corrected chi connectivity index (χ2v) is 5.96. The van der Waals surface area contributed by atoms with Gasteiger partial charge in [0.25, 0.3) is 0 Å². The molecule has 0 spiro atoms. The number of hydrogen-bond donors (Lipinski definition) is 2. The number of nitrogens with one attached hydrogen (secondary N) is 2. The Hall–Kier alpha value is -1.35. The standard InChI is InChI=1S/C15H13Cl2N4.C4H9N.Li/c1-10(16)5-12(9-18-2)21-8-11-6-13(17)15-14(7-11)19-3-4-20-15;1-3-5-4-2;/h3-4,6-7,9,21H,2,8H2,1H3;5H,1-4H2;/q-1;-2;+1/b12-9+;;. The van der Waals surface area contributed by atoms with Gasteiger partial charge in [-0.05, 0) is 31.3 Å². The Morgan fingerprint density at radius 1 is 1.30 bits per heavy atom. The predicted octanol–water partition coefficient (Wildman–Crippen LogP) is 1.11. The first-order chi connectivity index (χ1) is 12.5. The molecule has 0 saturated heterocycles. The van der Waals surface area contributed by atoms with E-state index >= 15 is 0 Å². The number of fused-ring (bicyclic) bond motifs is 1. The van der Waals surface area contributed by atoms with Crippen molar-refractivity contribution in [3.05, 3.63) is 72.0 Å². The van der Waals surface area contributed by atoms with Crippen LogP contribution in [-0.2, 0) is 6.54 Å². The predicted molar refractivity (Wildman–Crippen MR) is 111 cm³/mol. The third-order valence-electron chi connectivity index (χ3n) is 2.95. The molecule has 0 fully saturated rings. The first-order valence-corrected chi connectivity index (χ1v) is 8.61. The second kappa shape index (κ2) is 14.7. The Balaban J connectivity index is 0.00000100. The van der Waals surface area contributed by atoms with Crippen LogP contribution < -0.4 is 29.5 Å². The molecule has 1 aromatic carbocycles. The molecule has 0 aliphatic heterocycles. The number of hydrogen-bond acceptors (Lipinski definition) is 5. The zero-order valence-electron chi connectivity index (χ0n) is 15.7. The minimum absolute atomic E-state index is 0. The topological polar surface area (TPSA) is 62.2 Å². The maximum Gasteiger partial charge on any atom is 1.00 e. The molecule has 1 aromatic heterocycles. The van der Waals surface area contributed by atoms with Crippen molar-refractivity contribution in [2.24, 2.45) is 4.99 Å². The normalized spacial score (nSPS) is 11.3. The fourth-order valence-corrected chi connectivity index (χ4v) is 2.30. The minimum Gasteiger partial charge on any atom is -0.413 e. The number of aliphatic imine (C=N–C) groups is 1. The molecule has 0 radical (unpaired) electrons. The molecular weight excluding hydrogens is 376 g/mol. The van der Waals surface area contributed by atoms with Crippen LogP contribution in [0.2, 0.25) is 5.02 Å². The van der Waals surface area contributed by atoms with Gasteiger partial charge in [-0.15, -0.1) is 36.6 Å². The molecule has 1 heterocycles. The fraction of sp³-hybridized carbons (Fsp3) is 0.211. The molecule has 2 rings (SSSR count). The van der Waals surface area contributed by atoms with Gasteiger partial charge in [0.05, 0.1) is 10.5 Å². The quantitative estimate of drug-likeness (QED) is 0.318. The average Bonchev–Trinajstić information content (AvgIpc) is 2.61. The summed E-state index contributed by atoms with van der Waals surface area (Å²) in [6, 6.07) is 3.78.